The van der Waals surface area contributed by atoms with Crippen molar-refractivity contribution in [3.05, 3.63) is 70.8 Å². The lowest BCUT2D eigenvalue weighted by atomic mass is 9.81. The summed E-state index contributed by atoms with van der Waals surface area (Å²) in [7, 11) is -3.61. The van der Waals surface area contributed by atoms with Crippen molar-refractivity contribution in [2.24, 2.45) is 0 Å². The molecule has 32 heavy (non-hydrogen) atoms. The van der Waals surface area contributed by atoms with Gasteiger partial charge in [-0.05, 0) is 55.0 Å². The molecule has 2 aromatic carbocycles. The van der Waals surface area contributed by atoms with Gasteiger partial charge in [-0.2, -0.15) is 4.31 Å². The summed E-state index contributed by atoms with van der Waals surface area (Å²) in [5, 5.41) is 0. The summed E-state index contributed by atoms with van der Waals surface area (Å²) < 4.78 is 28.9. The predicted octanol–water partition coefficient (Wildman–Crippen LogP) is 6.13. The summed E-state index contributed by atoms with van der Waals surface area (Å²) in [5.74, 6) is 6.68. The van der Waals surface area contributed by atoms with Crippen molar-refractivity contribution in [1.82, 2.24) is 4.31 Å². The molecule has 1 unspecified atom stereocenters. The number of hydrogen-bond acceptors (Lipinski definition) is 2. The fourth-order valence-corrected chi connectivity index (χ4v) is 6.27. The van der Waals surface area contributed by atoms with Crippen molar-refractivity contribution in [1.29, 1.82) is 0 Å². The zero-order chi connectivity index (χ0) is 22.6. The van der Waals surface area contributed by atoms with E-state index in [-0.39, 0.29) is 6.04 Å². The Morgan fingerprint density at radius 1 is 1.00 bits per heavy atom. The molecule has 1 aliphatic heterocycles. The molecule has 4 heteroatoms. The van der Waals surface area contributed by atoms with Gasteiger partial charge in [-0.25, -0.2) is 8.42 Å². The van der Waals surface area contributed by atoms with E-state index in [1.165, 1.54) is 41.5 Å². The van der Waals surface area contributed by atoms with Crippen LogP contribution in [0.5, 0.6) is 0 Å². The molecule has 0 radical (unpaired) electrons. The van der Waals surface area contributed by atoms with E-state index < -0.39 is 10.0 Å². The molecule has 0 saturated carbocycles. The van der Waals surface area contributed by atoms with Crippen molar-refractivity contribution in [3.63, 3.8) is 0 Å². The van der Waals surface area contributed by atoms with Crippen LogP contribution in [0.3, 0.4) is 0 Å². The lowest BCUT2D eigenvalue weighted by Gasteiger charge is -2.37. The number of fused-ring (bicyclic) bond motifs is 2. The van der Waals surface area contributed by atoms with Gasteiger partial charge < -0.3 is 0 Å². The maximum absolute atomic E-state index is 13.6. The fourth-order valence-electron chi connectivity index (χ4n) is 4.73. The first kappa shape index (κ1) is 22.8. The van der Waals surface area contributed by atoms with Gasteiger partial charge in [0.1, 0.15) is 0 Å². The van der Waals surface area contributed by atoms with E-state index in [2.05, 4.69) is 43.0 Å². The van der Waals surface area contributed by atoms with Gasteiger partial charge in [-0.15, -0.1) is 5.92 Å². The molecule has 0 saturated heterocycles. The minimum atomic E-state index is -3.61. The van der Waals surface area contributed by atoms with Gasteiger partial charge in [-0.1, -0.05) is 79.6 Å². The summed E-state index contributed by atoms with van der Waals surface area (Å²) in [5.41, 5.74) is 6.27. The molecule has 0 bridgehead atoms. The Balaban J connectivity index is 1.66. The molecule has 2 aromatic rings. The van der Waals surface area contributed by atoms with Gasteiger partial charge in [0.2, 0.25) is 10.0 Å². The van der Waals surface area contributed by atoms with E-state index in [4.69, 9.17) is 0 Å². The second-order valence-corrected chi connectivity index (χ2v) is 10.8. The Hall–Kier alpha value is -2.35. The van der Waals surface area contributed by atoms with Gasteiger partial charge in [0, 0.05) is 19.4 Å². The molecule has 168 valence electrons. The van der Waals surface area contributed by atoms with Crippen LogP contribution in [0, 0.1) is 18.8 Å². The van der Waals surface area contributed by atoms with Crippen LogP contribution in [-0.4, -0.2) is 25.3 Å². The Kier molecular flexibility index (Phi) is 7.18. The van der Waals surface area contributed by atoms with Crippen LogP contribution in [0.15, 0.2) is 59.0 Å². The average molecular weight is 448 g/mol. The standard InChI is InChI=1S/C28H33NO2S/c1-3-4-5-6-7-8-12-25-20-28-24(17-16-23-11-9-10-13-27(23)28)21-29(25)32(30,31)26-18-14-22(2)15-19-26/h9-11,13-15,18-19,25H,3-7,16-17,20-21H2,1-2H3. The van der Waals surface area contributed by atoms with E-state index >= 15 is 0 Å². The lowest BCUT2D eigenvalue weighted by Crippen LogP contribution is -2.44. The molecule has 0 aromatic heterocycles. The molecule has 4 rings (SSSR count). The topological polar surface area (TPSA) is 37.4 Å². The van der Waals surface area contributed by atoms with Gasteiger partial charge in [0.15, 0.2) is 0 Å². The van der Waals surface area contributed by atoms with Crippen LogP contribution >= 0.6 is 0 Å². The van der Waals surface area contributed by atoms with E-state index in [1.54, 1.807) is 16.4 Å². The third-order valence-electron chi connectivity index (χ3n) is 6.61. The van der Waals surface area contributed by atoms with Gasteiger partial charge in [0.05, 0.1) is 10.9 Å². The van der Waals surface area contributed by atoms with Gasteiger partial charge in [0.25, 0.3) is 0 Å². The lowest BCUT2D eigenvalue weighted by molar-refractivity contribution is 0.377. The van der Waals surface area contributed by atoms with Crippen LogP contribution in [0.4, 0.5) is 0 Å². The van der Waals surface area contributed by atoms with E-state index in [0.29, 0.717) is 17.9 Å². The molecule has 3 nitrogen and oxygen atoms in total. The van der Waals surface area contributed by atoms with Crippen LogP contribution in [0.25, 0.3) is 5.57 Å². The Bertz CT molecular complexity index is 1150. The summed E-state index contributed by atoms with van der Waals surface area (Å²) in [6.07, 6.45) is 8.08. The summed E-state index contributed by atoms with van der Waals surface area (Å²) >= 11 is 0. The Labute approximate surface area is 193 Å². The quantitative estimate of drug-likeness (QED) is 0.394. The number of unbranched alkanes of at least 4 members (excludes halogenated alkanes) is 4. The largest absolute Gasteiger partial charge is 0.244 e. The zero-order valence-corrected chi connectivity index (χ0v) is 20.0. The summed E-state index contributed by atoms with van der Waals surface area (Å²) in [6.45, 7) is 4.62. The molecule has 0 fully saturated rings. The second-order valence-electron chi connectivity index (χ2n) is 8.95. The normalized spacial score (nSPS) is 18.5. The number of rotatable bonds is 6. The zero-order valence-electron chi connectivity index (χ0n) is 19.2. The number of nitrogens with zero attached hydrogens (tertiary/aromatic N) is 1. The van der Waals surface area contributed by atoms with Crippen molar-refractivity contribution >= 4 is 15.6 Å². The second kappa shape index (κ2) is 10.1. The Morgan fingerprint density at radius 3 is 2.56 bits per heavy atom. The van der Waals surface area contributed by atoms with Crippen molar-refractivity contribution in [3.8, 4) is 11.8 Å². The molecule has 1 heterocycles. The van der Waals surface area contributed by atoms with Crippen molar-refractivity contribution in [2.75, 3.05) is 6.54 Å². The molecular weight excluding hydrogens is 414 g/mol. The third kappa shape index (κ3) is 4.85. The minimum absolute atomic E-state index is 0.322. The highest BCUT2D eigenvalue weighted by atomic mass is 32.2. The Morgan fingerprint density at radius 2 is 1.78 bits per heavy atom. The van der Waals surface area contributed by atoms with Gasteiger partial charge in [-0.3, -0.25) is 0 Å². The fraction of sp³-hybridized carbons (Fsp3) is 0.429. The third-order valence-corrected chi connectivity index (χ3v) is 8.48. The first-order valence-corrected chi connectivity index (χ1v) is 13.3. The molecule has 0 N–H and O–H groups in total. The number of aryl methyl sites for hydroxylation is 2. The van der Waals surface area contributed by atoms with E-state index in [1.807, 2.05) is 19.1 Å². The maximum Gasteiger partial charge on any atom is 0.244 e. The molecule has 1 atom stereocenters. The molecule has 1 aliphatic carbocycles. The first-order chi connectivity index (χ1) is 15.5. The molecule has 0 spiro atoms. The van der Waals surface area contributed by atoms with E-state index in [0.717, 1.165) is 31.2 Å². The smallest absolute Gasteiger partial charge is 0.207 e. The average Bonchev–Trinajstić information content (AvgIpc) is 2.81. The van der Waals surface area contributed by atoms with Crippen LogP contribution in [-0.2, 0) is 16.4 Å². The van der Waals surface area contributed by atoms with Crippen LogP contribution in [0.1, 0.15) is 68.6 Å². The van der Waals surface area contributed by atoms with Crippen molar-refractivity contribution < 1.29 is 8.42 Å². The van der Waals surface area contributed by atoms with Gasteiger partial charge >= 0.3 is 0 Å². The SMILES string of the molecule is CCCCCCC#CC1CC2=C(CCc3ccccc32)CN1S(=O)(=O)c1ccc(C)cc1. The predicted molar refractivity (Wildman–Crippen MR) is 132 cm³/mol. The molecular formula is C28H33NO2S. The molecule has 2 aliphatic rings. The number of benzene rings is 2. The summed E-state index contributed by atoms with van der Waals surface area (Å²) in [6, 6.07) is 15.4. The van der Waals surface area contributed by atoms with Crippen LogP contribution in [0.2, 0.25) is 0 Å². The highest BCUT2D eigenvalue weighted by Gasteiger charge is 2.37. The summed E-state index contributed by atoms with van der Waals surface area (Å²) in [4.78, 5) is 0.359. The maximum atomic E-state index is 13.6. The number of hydrogen-bond donors (Lipinski definition) is 0. The highest BCUT2D eigenvalue weighted by Crippen LogP contribution is 2.40. The highest BCUT2D eigenvalue weighted by molar-refractivity contribution is 7.89. The first-order valence-electron chi connectivity index (χ1n) is 11.9. The van der Waals surface area contributed by atoms with Crippen LogP contribution < -0.4 is 0 Å². The monoisotopic (exact) mass is 447 g/mol. The van der Waals surface area contributed by atoms with Crippen molar-refractivity contribution in [2.45, 2.75) is 76.2 Å². The van der Waals surface area contributed by atoms with E-state index in [9.17, 15) is 8.42 Å². The number of sulfonamides is 1. The minimum Gasteiger partial charge on any atom is -0.207 e. The molecule has 0 amide bonds.